The molecular weight excluding hydrogens is 391 g/mol. The van der Waals surface area contributed by atoms with Crippen molar-refractivity contribution < 1.29 is 9.53 Å². The van der Waals surface area contributed by atoms with E-state index in [4.69, 9.17) is 4.74 Å². The number of hydrogen-bond donors (Lipinski definition) is 0. The molecule has 0 spiro atoms. The second-order valence-electron chi connectivity index (χ2n) is 5.98. The monoisotopic (exact) mass is 410 g/mol. The summed E-state index contributed by atoms with van der Waals surface area (Å²) in [6.45, 7) is 7.51. The number of aryl methyl sites for hydroxylation is 1. The lowest BCUT2D eigenvalue weighted by molar-refractivity contribution is 0.0598. The zero-order chi connectivity index (χ0) is 16.3. The Kier molecular flexibility index (Phi) is 5.05. The van der Waals surface area contributed by atoms with Crippen molar-refractivity contribution in [1.29, 1.82) is 0 Å². The SMILES string of the molecule is Cc1ccnc(N(C(=O)OC(C)(C)C)c2ccc(I)cc2)c1. The van der Waals surface area contributed by atoms with Crippen molar-refractivity contribution >= 4 is 40.2 Å². The molecule has 0 radical (unpaired) electrons. The summed E-state index contributed by atoms with van der Waals surface area (Å²) in [7, 11) is 0. The van der Waals surface area contributed by atoms with Gasteiger partial charge in [-0.05, 0) is 92.2 Å². The van der Waals surface area contributed by atoms with Crippen molar-refractivity contribution in [3.63, 3.8) is 0 Å². The number of amides is 1. The van der Waals surface area contributed by atoms with E-state index in [1.165, 1.54) is 4.90 Å². The number of ether oxygens (including phenoxy) is 1. The third-order valence-corrected chi connectivity index (χ3v) is 3.51. The Morgan fingerprint density at radius 3 is 2.36 bits per heavy atom. The predicted molar refractivity (Wildman–Crippen MR) is 96.5 cm³/mol. The number of carbonyl (C=O) groups excluding carboxylic acids is 1. The van der Waals surface area contributed by atoms with Crippen molar-refractivity contribution in [1.82, 2.24) is 4.98 Å². The molecule has 0 aliphatic carbocycles. The van der Waals surface area contributed by atoms with E-state index >= 15 is 0 Å². The van der Waals surface area contributed by atoms with Crippen molar-refractivity contribution in [2.24, 2.45) is 0 Å². The Morgan fingerprint density at radius 1 is 1.18 bits per heavy atom. The van der Waals surface area contributed by atoms with Gasteiger partial charge in [0.2, 0.25) is 0 Å². The van der Waals surface area contributed by atoms with Gasteiger partial charge in [0.25, 0.3) is 0 Å². The van der Waals surface area contributed by atoms with Gasteiger partial charge in [-0.15, -0.1) is 0 Å². The summed E-state index contributed by atoms with van der Waals surface area (Å²) in [6, 6.07) is 11.4. The topological polar surface area (TPSA) is 42.4 Å². The lowest BCUT2D eigenvalue weighted by Crippen LogP contribution is -2.34. The molecule has 116 valence electrons. The fraction of sp³-hybridized carbons (Fsp3) is 0.294. The quantitative estimate of drug-likeness (QED) is 0.650. The minimum Gasteiger partial charge on any atom is -0.443 e. The normalized spacial score (nSPS) is 11.1. The maximum absolute atomic E-state index is 12.6. The van der Waals surface area contributed by atoms with Crippen molar-refractivity contribution in [2.45, 2.75) is 33.3 Å². The average Bonchev–Trinajstić information content (AvgIpc) is 2.39. The van der Waals surface area contributed by atoms with Crippen LogP contribution in [0.15, 0.2) is 42.6 Å². The zero-order valence-corrected chi connectivity index (χ0v) is 15.3. The molecule has 5 heteroatoms. The Labute approximate surface area is 144 Å². The first-order valence-electron chi connectivity index (χ1n) is 6.97. The fourth-order valence-corrected chi connectivity index (χ4v) is 2.23. The van der Waals surface area contributed by atoms with Crippen LogP contribution in [0.5, 0.6) is 0 Å². The Bertz CT molecular complexity index is 663. The lowest BCUT2D eigenvalue weighted by Gasteiger charge is -2.27. The Morgan fingerprint density at radius 2 is 1.82 bits per heavy atom. The van der Waals surface area contributed by atoms with Crippen molar-refractivity contribution in [3.8, 4) is 0 Å². The van der Waals surface area contributed by atoms with Crippen LogP contribution in [0.25, 0.3) is 0 Å². The predicted octanol–water partition coefficient (Wildman–Crippen LogP) is 5.07. The molecular formula is C17H19IN2O2. The van der Waals surface area contributed by atoms with E-state index in [1.807, 2.05) is 64.1 Å². The molecule has 1 heterocycles. The Balaban J connectivity index is 2.45. The number of benzene rings is 1. The van der Waals surface area contributed by atoms with Crippen LogP contribution in [0.1, 0.15) is 26.3 Å². The molecule has 1 aromatic heterocycles. The maximum Gasteiger partial charge on any atom is 0.420 e. The van der Waals surface area contributed by atoms with Gasteiger partial charge in [0.15, 0.2) is 0 Å². The highest BCUT2D eigenvalue weighted by Crippen LogP contribution is 2.27. The van der Waals surface area contributed by atoms with E-state index in [2.05, 4.69) is 27.6 Å². The molecule has 0 atom stereocenters. The molecule has 1 aromatic carbocycles. The average molecular weight is 410 g/mol. The number of halogens is 1. The Hall–Kier alpha value is -1.63. The van der Waals surface area contributed by atoms with Crippen LogP contribution in [-0.2, 0) is 4.74 Å². The van der Waals surface area contributed by atoms with Crippen LogP contribution < -0.4 is 4.90 Å². The summed E-state index contributed by atoms with van der Waals surface area (Å²) in [4.78, 5) is 18.4. The molecule has 0 saturated carbocycles. The summed E-state index contributed by atoms with van der Waals surface area (Å²) in [6.07, 6.45) is 1.25. The van der Waals surface area contributed by atoms with E-state index in [9.17, 15) is 4.79 Å². The second kappa shape index (κ2) is 6.64. The number of nitrogens with zero attached hydrogens (tertiary/aromatic N) is 2. The minimum atomic E-state index is -0.567. The number of anilines is 2. The first-order chi connectivity index (χ1) is 10.3. The van der Waals surface area contributed by atoms with Crippen LogP contribution >= 0.6 is 22.6 Å². The van der Waals surface area contributed by atoms with Crippen LogP contribution in [0.4, 0.5) is 16.3 Å². The molecule has 0 unspecified atom stereocenters. The van der Waals surface area contributed by atoms with Gasteiger partial charge < -0.3 is 4.74 Å². The van der Waals surface area contributed by atoms with Gasteiger partial charge in [-0.25, -0.2) is 14.7 Å². The van der Waals surface area contributed by atoms with Crippen LogP contribution in [0.3, 0.4) is 0 Å². The third-order valence-electron chi connectivity index (χ3n) is 2.79. The van der Waals surface area contributed by atoms with E-state index < -0.39 is 11.7 Å². The minimum absolute atomic E-state index is 0.438. The number of pyridine rings is 1. The van der Waals surface area contributed by atoms with Crippen LogP contribution in [0.2, 0.25) is 0 Å². The van der Waals surface area contributed by atoms with Crippen molar-refractivity contribution in [2.75, 3.05) is 4.90 Å². The molecule has 0 bridgehead atoms. The van der Waals surface area contributed by atoms with Gasteiger partial charge in [-0.3, -0.25) is 0 Å². The molecule has 1 amide bonds. The summed E-state index contributed by atoms with van der Waals surface area (Å²) in [5.41, 5.74) is 1.19. The summed E-state index contributed by atoms with van der Waals surface area (Å²) < 4.78 is 6.62. The highest BCUT2D eigenvalue weighted by molar-refractivity contribution is 14.1. The molecule has 0 aliphatic heterocycles. The molecule has 0 aliphatic rings. The number of rotatable bonds is 2. The fourth-order valence-electron chi connectivity index (χ4n) is 1.87. The standard InChI is InChI=1S/C17H19IN2O2/c1-12-9-10-19-15(11-12)20(16(21)22-17(2,3)4)14-7-5-13(18)6-8-14/h5-11H,1-4H3. The molecule has 2 rings (SSSR count). The number of hydrogen-bond acceptors (Lipinski definition) is 3. The summed E-state index contributed by atoms with van der Waals surface area (Å²) >= 11 is 2.23. The molecule has 0 N–H and O–H groups in total. The van der Waals surface area contributed by atoms with Gasteiger partial charge in [-0.2, -0.15) is 0 Å². The summed E-state index contributed by atoms with van der Waals surface area (Å²) in [5.74, 6) is 0.551. The maximum atomic E-state index is 12.6. The first-order valence-corrected chi connectivity index (χ1v) is 8.05. The van der Waals surface area contributed by atoms with E-state index in [1.54, 1.807) is 6.20 Å². The van der Waals surface area contributed by atoms with Gasteiger partial charge in [0.05, 0.1) is 5.69 Å². The van der Waals surface area contributed by atoms with Crippen LogP contribution in [0, 0.1) is 10.5 Å². The highest BCUT2D eigenvalue weighted by atomic mass is 127. The first kappa shape index (κ1) is 16.7. The van der Waals surface area contributed by atoms with Gasteiger partial charge in [-0.1, -0.05) is 0 Å². The smallest absolute Gasteiger partial charge is 0.420 e. The van der Waals surface area contributed by atoms with Gasteiger partial charge >= 0.3 is 6.09 Å². The van der Waals surface area contributed by atoms with Gasteiger partial charge in [0.1, 0.15) is 11.4 Å². The highest BCUT2D eigenvalue weighted by Gasteiger charge is 2.25. The van der Waals surface area contributed by atoms with E-state index in [0.717, 1.165) is 14.8 Å². The van der Waals surface area contributed by atoms with Crippen LogP contribution in [-0.4, -0.2) is 16.7 Å². The number of carbonyl (C=O) groups is 1. The van der Waals surface area contributed by atoms with E-state index in [0.29, 0.717) is 5.82 Å². The molecule has 0 saturated heterocycles. The lowest BCUT2D eigenvalue weighted by atomic mass is 10.2. The number of aromatic nitrogens is 1. The molecule has 22 heavy (non-hydrogen) atoms. The molecule has 4 nitrogen and oxygen atoms in total. The van der Waals surface area contributed by atoms with E-state index in [-0.39, 0.29) is 0 Å². The molecule has 2 aromatic rings. The summed E-state index contributed by atoms with van der Waals surface area (Å²) in [5, 5.41) is 0. The zero-order valence-electron chi connectivity index (χ0n) is 13.1. The van der Waals surface area contributed by atoms with Gasteiger partial charge in [0, 0.05) is 9.77 Å². The largest absolute Gasteiger partial charge is 0.443 e. The molecule has 0 fully saturated rings. The third kappa shape index (κ3) is 4.43. The van der Waals surface area contributed by atoms with Crippen molar-refractivity contribution in [3.05, 3.63) is 51.7 Å². The second-order valence-corrected chi connectivity index (χ2v) is 7.23.